The van der Waals surface area contributed by atoms with Crippen molar-refractivity contribution in [2.45, 2.75) is 24.8 Å². The Bertz CT molecular complexity index is 396. The summed E-state index contributed by atoms with van der Waals surface area (Å²) in [7, 11) is 0. The van der Waals surface area contributed by atoms with Crippen LogP contribution in [0.25, 0.3) is 0 Å². The Morgan fingerprint density at radius 1 is 1.50 bits per heavy atom. The van der Waals surface area contributed by atoms with E-state index in [1.807, 2.05) is 35.2 Å². The van der Waals surface area contributed by atoms with Gasteiger partial charge in [0.25, 0.3) is 0 Å². The summed E-state index contributed by atoms with van der Waals surface area (Å²) < 4.78 is 5.40. The number of carbonyl (C=O) groups excluding carboxylic acids is 1. The van der Waals surface area contributed by atoms with E-state index in [0.29, 0.717) is 19.8 Å². The van der Waals surface area contributed by atoms with Crippen molar-refractivity contribution < 1.29 is 9.53 Å². The zero-order valence-electron chi connectivity index (χ0n) is 10.5. The minimum Gasteiger partial charge on any atom is -0.377 e. The summed E-state index contributed by atoms with van der Waals surface area (Å²) in [5.41, 5.74) is 0.852. The fourth-order valence-corrected chi connectivity index (χ4v) is 2.46. The highest BCUT2D eigenvalue weighted by Gasteiger charge is 2.30. The average molecular weight is 268 g/mol. The summed E-state index contributed by atoms with van der Waals surface area (Å²) in [5.74, 6) is -0.0157. The van der Waals surface area contributed by atoms with Crippen molar-refractivity contribution in [1.82, 2.24) is 4.90 Å². The van der Waals surface area contributed by atoms with Gasteiger partial charge in [-0.2, -0.15) is 0 Å². The SMILES string of the molecule is CCC1COCCN1C(=O)C(Cl)c1ccccc1. The molecule has 3 nitrogen and oxygen atoms in total. The quantitative estimate of drug-likeness (QED) is 0.788. The van der Waals surface area contributed by atoms with Crippen molar-refractivity contribution in [3.05, 3.63) is 35.9 Å². The van der Waals surface area contributed by atoms with Crippen molar-refractivity contribution in [3.8, 4) is 0 Å². The third-order valence-electron chi connectivity index (χ3n) is 3.29. The second-order valence-electron chi connectivity index (χ2n) is 4.44. The Kier molecular flexibility index (Phi) is 4.61. The van der Waals surface area contributed by atoms with Crippen LogP contribution in [0.1, 0.15) is 24.3 Å². The van der Waals surface area contributed by atoms with Gasteiger partial charge in [-0.05, 0) is 12.0 Å². The van der Waals surface area contributed by atoms with E-state index < -0.39 is 5.38 Å². The number of halogens is 1. The lowest BCUT2D eigenvalue weighted by atomic mass is 10.1. The maximum absolute atomic E-state index is 12.4. The molecule has 0 radical (unpaired) electrons. The number of alkyl halides is 1. The highest BCUT2D eigenvalue weighted by Crippen LogP contribution is 2.25. The Labute approximate surface area is 113 Å². The molecule has 0 spiro atoms. The third kappa shape index (κ3) is 2.85. The maximum Gasteiger partial charge on any atom is 0.245 e. The number of amides is 1. The summed E-state index contributed by atoms with van der Waals surface area (Å²) in [6, 6.07) is 9.63. The predicted molar refractivity (Wildman–Crippen MR) is 71.6 cm³/mol. The molecule has 4 heteroatoms. The van der Waals surface area contributed by atoms with Gasteiger partial charge in [-0.15, -0.1) is 11.6 Å². The van der Waals surface area contributed by atoms with Crippen molar-refractivity contribution in [2.24, 2.45) is 0 Å². The maximum atomic E-state index is 12.4. The zero-order valence-corrected chi connectivity index (χ0v) is 11.3. The van der Waals surface area contributed by atoms with E-state index in [2.05, 4.69) is 6.92 Å². The largest absolute Gasteiger partial charge is 0.377 e. The molecule has 0 aliphatic carbocycles. The Hall–Kier alpha value is -1.06. The van der Waals surface area contributed by atoms with E-state index in [1.165, 1.54) is 0 Å². The number of nitrogens with zero attached hydrogens (tertiary/aromatic N) is 1. The van der Waals surface area contributed by atoms with Crippen molar-refractivity contribution in [3.63, 3.8) is 0 Å². The molecule has 1 amide bonds. The molecular weight excluding hydrogens is 250 g/mol. The molecule has 1 aliphatic heterocycles. The summed E-state index contributed by atoms with van der Waals surface area (Å²) in [6.07, 6.45) is 0.893. The van der Waals surface area contributed by atoms with Gasteiger partial charge in [-0.25, -0.2) is 0 Å². The molecule has 0 saturated carbocycles. The van der Waals surface area contributed by atoms with Crippen LogP contribution in [0.5, 0.6) is 0 Å². The molecule has 0 aromatic heterocycles. The normalized spacial score (nSPS) is 21.7. The topological polar surface area (TPSA) is 29.5 Å². The molecule has 2 atom stereocenters. The van der Waals surface area contributed by atoms with E-state index in [0.717, 1.165) is 12.0 Å². The van der Waals surface area contributed by atoms with Gasteiger partial charge in [0.15, 0.2) is 0 Å². The first-order valence-corrected chi connectivity index (χ1v) is 6.75. The van der Waals surface area contributed by atoms with Crippen LogP contribution in [0.2, 0.25) is 0 Å². The van der Waals surface area contributed by atoms with Crippen LogP contribution in [-0.4, -0.2) is 36.6 Å². The minimum atomic E-state index is -0.599. The molecule has 1 saturated heterocycles. The van der Waals surface area contributed by atoms with Crippen LogP contribution < -0.4 is 0 Å². The minimum absolute atomic E-state index is 0.0157. The molecule has 0 N–H and O–H groups in total. The molecule has 0 bridgehead atoms. The molecule has 1 aromatic carbocycles. The second-order valence-corrected chi connectivity index (χ2v) is 4.88. The van der Waals surface area contributed by atoms with E-state index >= 15 is 0 Å². The molecule has 1 fully saturated rings. The van der Waals surface area contributed by atoms with E-state index in [9.17, 15) is 4.79 Å². The van der Waals surface area contributed by atoms with Crippen molar-refractivity contribution in [2.75, 3.05) is 19.8 Å². The number of ether oxygens (including phenoxy) is 1. The summed E-state index contributed by atoms with van der Waals surface area (Å²) in [4.78, 5) is 14.3. The number of rotatable bonds is 3. The standard InChI is InChI=1S/C14H18ClNO2/c1-2-12-10-18-9-8-16(12)14(17)13(15)11-6-4-3-5-7-11/h3-7,12-13H,2,8-10H2,1H3. The third-order valence-corrected chi connectivity index (χ3v) is 3.73. The number of benzene rings is 1. The summed E-state index contributed by atoms with van der Waals surface area (Å²) in [6.45, 7) is 3.90. The average Bonchev–Trinajstić information content (AvgIpc) is 2.46. The van der Waals surface area contributed by atoms with Crippen molar-refractivity contribution >= 4 is 17.5 Å². The molecule has 18 heavy (non-hydrogen) atoms. The van der Waals surface area contributed by atoms with Gasteiger partial charge < -0.3 is 9.64 Å². The number of carbonyl (C=O) groups is 1. The van der Waals surface area contributed by atoms with Gasteiger partial charge in [-0.1, -0.05) is 37.3 Å². The van der Waals surface area contributed by atoms with E-state index in [4.69, 9.17) is 16.3 Å². The molecule has 2 rings (SSSR count). The summed E-state index contributed by atoms with van der Waals surface area (Å²) >= 11 is 6.28. The fraction of sp³-hybridized carbons (Fsp3) is 0.500. The van der Waals surface area contributed by atoms with E-state index in [-0.39, 0.29) is 11.9 Å². The van der Waals surface area contributed by atoms with E-state index in [1.54, 1.807) is 0 Å². The lowest BCUT2D eigenvalue weighted by molar-refractivity contribution is -0.139. The smallest absolute Gasteiger partial charge is 0.245 e. The highest BCUT2D eigenvalue weighted by molar-refractivity contribution is 6.30. The van der Waals surface area contributed by atoms with Gasteiger partial charge >= 0.3 is 0 Å². The molecule has 98 valence electrons. The first kappa shape index (κ1) is 13.4. The lowest BCUT2D eigenvalue weighted by Gasteiger charge is -2.36. The molecular formula is C14H18ClNO2. The van der Waals surface area contributed by atoms with Crippen LogP contribution in [0.15, 0.2) is 30.3 Å². The van der Waals surface area contributed by atoms with Crippen molar-refractivity contribution in [1.29, 1.82) is 0 Å². The van der Waals surface area contributed by atoms with Crippen LogP contribution in [0.3, 0.4) is 0 Å². The fourth-order valence-electron chi connectivity index (χ4n) is 2.19. The first-order valence-electron chi connectivity index (χ1n) is 6.31. The zero-order chi connectivity index (χ0) is 13.0. The Balaban J connectivity index is 2.10. The van der Waals surface area contributed by atoms with Gasteiger partial charge in [-0.3, -0.25) is 4.79 Å². The van der Waals surface area contributed by atoms with Crippen LogP contribution in [-0.2, 0) is 9.53 Å². The summed E-state index contributed by atoms with van der Waals surface area (Å²) in [5, 5.41) is -0.599. The van der Waals surface area contributed by atoms with Gasteiger partial charge in [0.1, 0.15) is 5.38 Å². The molecule has 1 aromatic rings. The Morgan fingerprint density at radius 3 is 2.89 bits per heavy atom. The first-order chi connectivity index (χ1) is 8.74. The molecule has 1 aliphatic rings. The monoisotopic (exact) mass is 267 g/mol. The molecule has 2 unspecified atom stereocenters. The number of hydrogen-bond acceptors (Lipinski definition) is 2. The Morgan fingerprint density at radius 2 is 2.22 bits per heavy atom. The van der Waals surface area contributed by atoms with Crippen LogP contribution in [0, 0.1) is 0 Å². The lowest BCUT2D eigenvalue weighted by Crippen LogP contribution is -2.49. The number of morpholine rings is 1. The van der Waals surface area contributed by atoms with Crippen LogP contribution >= 0.6 is 11.6 Å². The second kappa shape index (κ2) is 6.21. The highest BCUT2D eigenvalue weighted by atomic mass is 35.5. The van der Waals surface area contributed by atoms with Gasteiger partial charge in [0.05, 0.1) is 19.3 Å². The van der Waals surface area contributed by atoms with Crippen LogP contribution in [0.4, 0.5) is 0 Å². The number of hydrogen-bond donors (Lipinski definition) is 0. The predicted octanol–water partition coefficient (Wildman–Crippen LogP) is 2.60. The van der Waals surface area contributed by atoms with Gasteiger partial charge in [0, 0.05) is 6.54 Å². The molecule has 1 heterocycles. The van der Waals surface area contributed by atoms with Gasteiger partial charge in [0.2, 0.25) is 5.91 Å².